The highest BCUT2D eigenvalue weighted by Crippen LogP contribution is 2.40. The first-order valence-corrected chi connectivity index (χ1v) is 11.1. The largest absolute Gasteiger partial charge is 0.466 e. The van der Waals surface area contributed by atoms with Gasteiger partial charge in [-0.25, -0.2) is 19.2 Å². The first-order valence-electron chi connectivity index (χ1n) is 10.3. The van der Waals surface area contributed by atoms with Crippen molar-refractivity contribution in [2.24, 2.45) is 10.9 Å². The van der Waals surface area contributed by atoms with E-state index in [4.69, 9.17) is 9.73 Å². The SMILES string of the molecule is COC(=O)C1=C(CN2CCC(C(F)(F)F)C2)NC(c2nccs2)=NC1(C)c1ccc(F)cc1. The molecule has 33 heavy (non-hydrogen) atoms. The summed E-state index contributed by atoms with van der Waals surface area (Å²) in [6.07, 6.45) is -2.68. The molecule has 0 spiro atoms. The number of rotatable bonds is 5. The van der Waals surface area contributed by atoms with Crippen LogP contribution < -0.4 is 5.32 Å². The Morgan fingerprint density at radius 1 is 1.33 bits per heavy atom. The maximum atomic E-state index is 13.6. The Balaban J connectivity index is 1.79. The number of nitrogens with zero attached hydrogens (tertiary/aromatic N) is 3. The molecule has 1 aromatic carbocycles. The third-order valence-electron chi connectivity index (χ3n) is 5.94. The number of likely N-dealkylation sites (tertiary alicyclic amines) is 1. The highest BCUT2D eigenvalue weighted by atomic mass is 32.1. The summed E-state index contributed by atoms with van der Waals surface area (Å²) in [4.78, 5) is 23.6. The van der Waals surface area contributed by atoms with E-state index in [1.54, 1.807) is 23.4 Å². The van der Waals surface area contributed by atoms with Crippen molar-refractivity contribution in [2.45, 2.75) is 25.1 Å². The van der Waals surface area contributed by atoms with Crippen LogP contribution in [0.15, 0.2) is 52.1 Å². The molecule has 1 aromatic heterocycles. The van der Waals surface area contributed by atoms with Crippen molar-refractivity contribution in [3.05, 3.63) is 63.5 Å². The van der Waals surface area contributed by atoms with Crippen molar-refractivity contribution in [3.63, 3.8) is 0 Å². The standard InChI is InChI=1S/C22H22F4N4O2S/c1-21(13-3-5-15(23)6-4-13)17(20(31)32-2)16(28-18(29-21)19-27-8-10-33-19)12-30-9-7-14(11-30)22(24,25)26/h3-6,8,10,14H,7,9,11-12H2,1-2H3,(H,28,29). The van der Waals surface area contributed by atoms with Gasteiger partial charge in [-0.3, -0.25) is 4.90 Å². The van der Waals surface area contributed by atoms with Crippen LogP contribution >= 0.6 is 11.3 Å². The minimum atomic E-state index is -4.27. The van der Waals surface area contributed by atoms with E-state index in [1.807, 2.05) is 0 Å². The fourth-order valence-electron chi connectivity index (χ4n) is 4.24. The zero-order valence-corrected chi connectivity index (χ0v) is 18.8. The normalized spacial score (nSPS) is 23.9. The topological polar surface area (TPSA) is 66.8 Å². The Morgan fingerprint density at radius 3 is 2.64 bits per heavy atom. The van der Waals surface area contributed by atoms with E-state index in [1.165, 1.54) is 42.7 Å². The lowest BCUT2D eigenvalue weighted by molar-refractivity contribution is -0.170. The Hall–Kier alpha value is -2.79. The van der Waals surface area contributed by atoms with Gasteiger partial charge in [0, 0.05) is 30.4 Å². The van der Waals surface area contributed by atoms with Gasteiger partial charge in [-0.15, -0.1) is 11.3 Å². The van der Waals surface area contributed by atoms with E-state index >= 15 is 0 Å². The fraction of sp³-hybridized carbons (Fsp3) is 0.409. The van der Waals surface area contributed by atoms with Crippen molar-refractivity contribution < 1.29 is 27.1 Å². The zero-order chi connectivity index (χ0) is 23.8. The molecule has 176 valence electrons. The first-order chi connectivity index (χ1) is 15.6. The second-order valence-corrected chi connectivity index (χ2v) is 9.00. The number of halogens is 4. The van der Waals surface area contributed by atoms with Crippen molar-refractivity contribution >= 4 is 23.1 Å². The Morgan fingerprint density at radius 2 is 2.06 bits per heavy atom. The van der Waals surface area contributed by atoms with Crippen LogP contribution in [0.1, 0.15) is 23.9 Å². The van der Waals surface area contributed by atoms with Gasteiger partial charge in [0.1, 0.15) is 11.4 Å². The van der Waals surface area contributed by atoms with E-state index in [-0.39, 0.29) is 31.6 Å². The molecule has 0 aliphatic carbocycles. The number of hydrogen-bond acceptors (Lipinski definition) is 7. The number of thiazole rings is 1. The van der Waals surface area contributed by atoms with Gasteiger partial charge < -0.3 is 10.1 Å². The smallest absolute Gasteiger partial charge is 0.393 e. The molecule has 11 heteroatoms. The monoisotopic (exact) mass is 482 g/mol. The lowest BCUT2D eigenvalue weighted by Gasteiger charge is -2.36. The molecule has 2 aliphatic heterocycles. The summed E-state index contributed by atoms with van der Waals surface area (Å²) >= 11 is 1.33. The molecule has 0 radical (unpaired) electrons. The van der Waals surface area contributed by atoms with Crippen LogP contribution in [0.2, 0.25) is 0 Å². The van der Waals surface area contributed by atoms with Gasteiger partial charge in [0.25, 0.3) is 0 Å². The van der Waals surface area contributed by atoms with Gasteiger partial charge in [0.05, 0.1) is 18.6 Å². The first kappa shape index (κ1) is 23.4. The van der Waals surface area contributed by atoms with Crippen LogP contribution in [-0.2, 0) is 15.1 Å². The van der Waals surface area contributed by atoms with E-state index in [2.05, 4.69) is 10.3 Å². The molecule has 0 saturated carbocycles. The maximum Gasteiger partial charge on any atom is 0.393 e. The summed E-state index contributed by atoms with van der Waals surface area (Å²) in [6, 6.07) is 5.59. The molecule has 1 fully saturated rings. The Labute approximate surface area is 192 Å². The van der Waals surface area contributed by atoms with Gasteiger partial charge in [-0.2, -0.15) is 13.2 Å². The average molecular weight is 483 g/mol. The van der Waals surface area contributed by atoms with E-state index in [0.29, 0.717) is 22.1 Å². The summed E-state index contributed by atoms with van der Waals surface area (Å²) < 4.78 is 58.3. The van der Waals surface area contributed by atoms with Crippen LogP contribution in [0.3, 0.4) is 0 Å². The molecule has 1 N–H and O–H groups in total. The number of amidine groups is 1. The molecule has 6 nitrogen and oxygen atoms in total. The highest BCUT2D eigenvalue weighted by molar-refractivity contribution is 7.11. The molecular weight excluding hydrogens is 460 g/mol. The van der Waals surface area contributed by atoms with E-state index < -0.39 is 29.4 Å². The predicted octanol–water partition coefficient (Wildman–Crippen LogP) is 3.86. The summed E-state index contributed by atoms with van der Waals surface area (Å²) in [5.41, 5.74) is -0.193. The number of alkyl halides is 3. The fourth-order valence-corrected chi connectivity index (χ4v) is 4.82. The van der Waals surface area contributed by atoms with Crippen molar-refractivity contribution in [2.75, 3.05) is 26.7 Å². The van der Waals surface area contributed by atoms with Gasteiger partial charge in [0.2, 0.25) is 0 Å². The number of ether oxygens (including phenoxy) is 1. The van der Waals surface area contributed by atoms with Crippen molar-refractivity contribution in [3.8, 4) is 0 Å². The molecule has 3 heterocycles. The molecule has 0 bridgehead atoms. The average Bonchev–Trinajstić information content (AvgIpc) is 3.45. The second kappa shape index (κ2) is 8.86. The van der Waals surface area contributed by atoms with Gasteiger partial charge in [0.15, 0.2) is 10.8 Å². The zero-order valence-electron chi connectivity index (χ0n) is 17.9. The summed E-state index contributed by atoms with van der Waals surface area (Å²) in [7, 11) is 1.23. The van der Waals surface area contributed by atoms with Gasteiger partial charge in [-0.05, 0) is 37.6 Å². The van der Waals surface area contributed by atoms with E-state index in [9.17, 15) is 22.4 Å². The van der Waals surface area contributed by atoms with Crippen molar-refractivity contribution in [1.29, 1.82) is 0 Å². The number of carbonyl (C=O) groups is 1. The summed E-state index contributed by atoms with van der Waals surface area (Å²) in [6.45, 7) is 1.84. The van der Waals surface area contributed by atoms with E-state index in [0.717, 1.165) is 0 Å². The molecule has 2 aromatic rings. The maximum absolute atomic E-state index is 13.6. The van der Waals surface area contributed by atoms with Crippen LogP contribution in [0.4, 0.5) is 17.6 Å². The molecular formula is C22H22F4N4O2S. The Bertz CT molecular complexity index is 1080. The molecule has 0 amide bonds. The summed E-state index contributed by atoms with van der Waals surface area (Å²) in [5, 5.41) is 5.44. The lowest BCUT2D eigenvalue weighted by atomic mass is 9.82. The molecule has 1 saturated heterocycles. The third-order valence-corrected chi connectivity index (χ3v) is 6.72. The number of benzene rings is 1. The van der Waals surface area contributed by atoms with Gasteiger partial charge in [-0.1, -0.05) is 12.1 Å². The third kappa shape index (κ3) is 4.65. The molecule has 4 rings (SSSR count). The number of esters is 1. The van der Waals surface area contributed by atoms with Gasteiger partial charge >= 0.3 is 12.1 Å². The van der Waals surface area contributed by atoms with Crippen molar-refractivity contribution in [1.82, 2.24) is 15.2 Å². The second-order valence-electron chi connectivity index (χ2n) is 8.11. The Kier molecular flexibility index (Phi) is 6.28. The predicted molar refractivity (Wildman–Crippen MR) is 115 cm³/mol. The number of aliphatic imine (C=N–C) groups is 1. The van der Waals surface area contributed by atoms with Crippen LogP contribution in [0.5, 0.6) is 0 Å². The number of nitrogens with one attached hydrogen (secondary N) is 1. The minimum Gasteiger partial charge on any atom is -0.466 e. The minimum absolute atomic E-state index is 0.00695. The lowest BCUT2D eigenvalue weighted by Crippen LogP contribution is -2.44. The number of hydrogen-bond donors (Lipinski definition) is 1. The highest BCUT2D eigenvalue weighted by Gasteiger charge is 2.46. The summed E-state index contributed by atoms with van der Waals surface area (Å²) in [5.74, 6) is -2.15. The number of methoxy groups -OCH3 is 1. The molecule has 2 aliphatic rings. The number of carbonyl (C=O) groups excluding carboxylic acids is 1. The van der Waals surface area contributed by atoms with Crippen LogP contribution in [-0.4, -0.2) is 54.6 Å². The quantitative estimate of drug-likeness (QED) is 0.518. The molecule has 2 unspecified atom stereocenters. The molecule has 2 atom stereocenters. The number of aromatic nitrogens is 1. The van der Waals surface area contributed by atoms with Crippen LogP contribution in [0, 0.1) is 11.7 Å². The van der Waals surface area contributed by atoms with Crippen LogP contribution in [0.25, 0.3) is 0 Å².